The Kier molecular flexibility index (Phi) is 12.0. The van der Waals surface area contributed by atoms with Gasteiger partial charge in [0, 0.05) is 29.4 Å². The molecule has 5 aromatic rings. The van der Waals surface area contributed by atoms with Crippen molar-refractivity contribution < 1.29 is 45.7 Å². The molecule has 264 valence electrons. The highest BCUT2D eigenvalue weighted by atomic mass is 32.3. The molecular weight excluding hydrogens is 677 g/mol. The summed E-state index contributed by atoms with van der Waals surface area (Å²) in [6.45, 7) is 3.47. The Morgan fingerprint density at radius 1 is 1.02 bits per heavy atom. The van der Waals surface area contributed by atoms with Gasteiger partial charge in [-0.1, -0.05) is 18.2 Å². The lowest BCUT2D eigenvalue weighted by molar-refractivity contribution is -0.147. The fourth-order valence-corrected chi connectivity index (χ4v) is 4.94. The van der Waals surface area contributed by atoms with E-state index >= 15 is 4.39 Å². The average Bonchev–Trinajstić information content (AvgIpc) is 3.29. The van der Waals surface area contributed by atoms with Crippen molar-refractivity contribution in [2.24, 2.45) is 0 Å². The van der Waals surface area contributed by atoms with Gasteiger partial charge in [0.1, 0.15) is 23.2 Å². The number of hydrogen-bond donors (Lipinski definition) is 4. The highest BCUT2D eigenvalue weighted by Crippen LogP contribution is 2.33. The van der Waals surface area contributed by atoms with Crippen LogP contribution in [-0.2, 0) is 26.5 Å². The first kappa shape index (κ1) is 37.2. The summed E-state index contributed by atoms with van der Waals surface area (Å²) in [5.41, 5.74) is 0.901. The number of methoxy groups -OCH3 is 1. The van der Waals surface area contributed by atoms with Crippen LogP contribution in [0.4, 0.5) is 10.1 Å². The summed E-state index contributed by atoms with van der Waals surface area (Å²) in [6, 6.07) is 19.7. The van der Waals surface area contributed by atoms with Gasteiger partial charge in [-0.2, -0.15) is 8.42 Å². The van der Waals surface area contributed by atoms with Gasteiger partial charge in [-0.25, -0.2) is 9.07 Å². The highest BCUT2D eigenvalue weighted by molar-refractivity contribution is 7.79. The van der Waals surface area contributed by atoms with Crippen molar-refractivity contribution in [3.8, 4) is 22.9 Å². The molecule has 0 saturated heterocycles. The van der Waals surface area contributed by atoms with Gasteiger partial charge >= 0.3 is 16.4 Å². The van der Waals surface area contributed by atoms with E-state index < -0.39 is 39.8 Å². The lowest BCUT2D eigenvalue weighted by Crippen LogP contribution is -2.30. The van der Waals surface area contributed by atoms with Crippen LogP contribution in [0.2, 0.25) is 0 Å². The number of pyridine rings is 1. The van der Waals surface area contributed by atoms with E-state index in [9.17, 15) is 14.4 Å². The molecule has 3 aromatic carbocycles. The van der Waals surface area contributed by atoms with Crippen LogP contribution in [0.25, 0.3) is 16.6 Å². The minimum atomic E-state index is -4.67. The molecule has 50 heavy (non-hydrogen) atoms. The zero-order chi connectivity index (χ0) is 36.6. The van der Waals surface area contributed by atoms with Gasteiger partial charge in [0.05, 0.1) is 37.1 Å². The minimum absolute atomic E-state index is 0.0307. The van der Waals surface area contributed by atoms with E-state index in [-0.39, 0.29) is 30.1 Å². The van der Waals surface area contributed by atoms with E-state index in [4.69, 9.17) is 31.7 Å². The van der Waals surface area contributed by atoms with Gasteiger partial charge < -0.3 is 24.8 Å². The number of hydrogen-bond acceptors (Lipinski definition) is 10. The molecule has 2 heterocycles. The van der Waals surface area contributed by atoms with Crippen LogP contribution < -0.4 is 25.7 Å². The minimum Gasteiger partial charge on any atom is -0.497 e. The standard InChI is InChI=1S/C33H32FN5O6.H2O4S/c1-20(44-30(40)18-35-3)19-38-21(2)31(33(42)39(38)23-8-6-5-7-9-23)32(41)37-22-10-13-29(26(34)16-22)45-28-14-15-36-27-17-24(43-4)11-12-25(27)28;1-5(2,3)4/h5-17,20,35H,18-19H2,1-4H3,(H,37,41);(H2,1,2,3,4). The summed E-state index contributed by atoms with van der Waals surface area (Å²) in [4.78, 5) is 43.5. The predicted molar refractivity (Wildman–Crippen MR) is 181 cm³/mol. The van der Waals surface area contributed by atoms with Crippen molar-refractivity contribution in [2.45, 2.75) is 26.5 Å². The number of amides is 1. The molecule has 1 amide bonds. The fourth-order valence-electron chi connectivity index (χ4n) is 4.94. The van der Waals surface area contributed by atoms with E-state index in [1.165, 1.54) is 16.8 Å². The number of esters is 1. The molecule has 17 heteroatoms. The molecule has 2 aromatic heterocycles. The van der Waals surface area contributed by atoms with Crippen LogP contribution in [0.5, 0.6) is 17.2 Å². The number of fused-ring (bicyclic) bond motifs is 1. The largest absolute Gasteiger partial charge is 0.497 e. The van der Waals surface area contributed by atoms with Crippen molar-refractivity contribution in [2.75, 3.05) is 26.0 Å². The van der Waals surface area contributed by atoms with Gasteiger partial charge in [-0.15, -0.1) is 0 Å². The van der Waals surface area contributed by atoms with E-state index in [1.807, 2.05) is 0 Å². The molecular formula is C33H34FN5O10S. The molecule has 0 aliphatic carbocycles. The van der Waals surface area contributed by atoms with E-state index in [2.05, 4.69) is 15.6 Å². The number of nitrogens with zero attached hydrogens (tertiary/aromatic N) is 3. The molecule has 0 fully saturated rings. The highest BCUT2D eigenvalue weighted by Gasteiger charge is 2.26. The van der Waals surface area contributed by atoms with Gasteiger partial charge in [0.25, 0.3) is 11.5 Å². The first-order chi connectivity index (χ1) is 23.7. The second-order valence-electron chi connectivity index (χ2n) is 10.7. The number of carbonyl (C=O) groups excluding carboxylic acids is 2. The Balaban J connectivity index is 0.00000105. The van der Waals surface area contributed by atoms with Crippen LogP contribution in [-0.4, -0.2) is 70.6 Å². The summed E-state index contributed by atoms with van der Waals surface area (Å²) < 4.78 is 66.3. The van der Waals surface area contributed by atoms with Gasteiger partial charge in [0.2, 0.25) is 0 Å². The molecule has 15 nitrogen and oxygen atoms in total. The predicted octanol–water partition coefficient (Wildman–Crippen LogP) is 4.19. The molecule has 0 saturated carbocycles. The number of ether oxygens (including phenoxy) is 3. The summed E-state index contributed by atoms with van der Waals surface area (Å²) in [5.74, 6) is -0.938. The first-order valence-corrected chi connectivity index (χ1v) is 16.2. The van der Waals surface area contributed by atoms with Crippen LogP contribution in [0.15, 0.2) is 83.8 Å². The number of halogens is 1. The van der Waals surface area contributed by atoms with Gasteiger partial charge in [-0.05, 0) is 63.4 Å². The van der Waals surface area contributed by atoms with Crippen LogP contribution >= 0.6 is 0 Å². The maximum absolute atomic E-state index is 15.2. The molecule has 0 aliphatic rings. The van der Waals surface area contributed by atoms with Gasteiger partial charge in [-0.3, -0.25) is 33.2 Å². The number of carbonyl (C=O) groups is 2. The fraction of sp³-hybridized carbons (Fsp3) is 0.212. The molecule has 4 N–H and O–H groups in total. The van der Waals surface area contributed by atoms with Crippen molar-refractivity contribution in [3.63, 3.8) is 0 Å². The number of aromatic nitrogens is 3. The summed E-state index contributed by atoms with van der Waals surface area (Å²) in [5, 5.41) is 6.03. The van der Waals surface area contributed by atoms with E-state index in [1.54, 1.807) is 93.5 Å². The Morgan fingerprint density at radius 2 is 1.72 bits per heavy atom. The second kappa shape index (κ2) is 16.2. The Labute approximate surface area is 285 Å². The summed E-state index contributed by atoms with van der Waals surface area (Å²) in [7, 11) is -1.48. The number of benzene rings is 3. The monoisotopic (exact) mass is 711 g/mol. The molecule has 0 spiro atoms. The lowest BCUT2D eigenvalue weighted by Gasteiger charge is -2.18. The van der Waals surface area contributed by atoms with Crippen LogP contribution in [0, 0.1) is 12.7 Å². The normalized spacial score (nSPS) is 11.7. The van der Waals surface area contributed by atoms with Crippen molar-refractivity contribution in [3.05, 3.63) is 106 Å². The maximum Gasteiger partial charge on any atom is 0.394 e. The molecule has 1 unspecified atom stereocenters. The zero-order valence-electron chi connectivity index (χ0n) is 27.3. The lowest BCUT2D eigenvalue weighted by atomic mass is 10.2. The smallest absolute Gasteiger partial charge is 0.394 e. The summed E-state index contributed by atoms with van der Waals surface area (Å²) in [6.07, 6.45) is 0.941. The van der Waals surface area contributed by atoms with Crippen molar-refractivity contribution in [1.29, 1.82) is 0 Å². The average molecular weight is 712 g/mol. The van der Waals surface area contributed by atoms with Gasteiger partial charge in [0.15, 0.2) is 11.6 Å². The number of anilines is 1. The van der Waals surface area contributed by atoms with E-state index in [0.717, 1.165) is 6.07 Å². The Hall–Kier alpha value is -5.62. The molecule has 0 radical (unpaired) electrons. The maximum atomic E-state index is 15.2. The third-order valence-corrected chi connectivity index (χ3v) is 7.03. The van der Waals surface area contributed by atoms with Crippen molar-refractivity contribution >= 4 is 38.9 Å². The number of nitrogens with one attached hydrogen (secondary N) is 2. The third kappa shape index (κ3) is 9.50. The second-order valence-corrected chi connectivity index (χ2v) is 11.6. The Bertz CT molecular complexity index is 2160. The zero-order valence-corrected chi connectivity index (χ0v) is 28.1. The number of likely N-dealkylation sites (N-methyl/N-ethyl adjacent to an activating group) is 1. The van der Waals surface area contributed by atoms with Crippen LogP contribution in [0.1, 0.15) is 23.0 Å². The first-order valence-electron chi connectivity index (χ1n) is 14.8. The van der Waals surface area contributed by atoms with Crippen LogP contribution in [0.3, 0.4) is 0 Å². The Morgan fingerprint density at radius 3 is 2.36 bits per heavy atom. The summed E-state index contributed by atoms with van der Waals surface area (Å²) >= 11 is 0. The topological polar surface area (TPSA) is 200 Å². The molecule has 1 atom stereocenters. The molecule has 0 bridgehead atoms. The van der Waals surface area contributed by atoms with Crippen molar-refractivity contribution in [1.82, 2.24) is 19.7 Å². The third-order valence-electron chi connectivity index (χ3n) is 7.03. The van der Waals surface area contributed by atoms with E-state index in [0.29, 0.717) is 33.8 Å². The quantitative estimate of drug-likeness (QED) is 0.113. The number of para-hydroxylation sites is 1. The SMILES string of the molecule is CNCC(=O)OC(C)Cn1c(C)c(C(=O)Nc2ccc(Oc3ccnc4cc(OC)ccc34)c(F)c2)c(=O)n1-c1ccccc1.O=S(=O)(O)O. The molecule has 0 aliphatic heterocycles. The molecule has 5 rings (SSSR count). The number of rotatable bonds is 11.